The van der Waals surface area contributed by atoms with E-state index in [9.17, 15) is 4.39 Å². The van der Waals surface area contributed by atoms with E-state index in [1.807, 2.05) is 0 Å². The molecule has 0 saturated heterocycles. The highest BCUT2D eigenvalue weighted by atomic mass is 19.1. The third-order valence-electron chi connectivity index (χ3n) is 1.33. The van der Waals surface area contributed by atoms with Gasteiger partial charge < -0.3 is 4.74 Å². The van der Waals surface area contributed by atoms with Gasteiger partial charge in [0.1, 0.15) is 11.6 Å². The zero-order valence-corrected chi connectivity index (χ0v) is 6.59. The maximum atomic E-state index is 12.4. The van der Waals surface area contributed by atoms with E-state index in [1.165, 1.54) is 12.1 Å². The van der Waals surface area contributed by atoms with E-state index in [-0.39, 0.29) is 5.82 Å². The first kappa shape index (κ1) is 8.61. The SMILES string of the molecule is C#CCCOc1ccc(F)cc1. The summed E-state index contributed by atoms with van der Waals surface area (Å²) in [5.74, 6) is 2.83. The molecule has 0 unspecified atom stereocenters. The predicted octanol–water partition coefficient (Wildman–Crippen LogP) is 2.23. The molecule has 0 bridgehead atoms. The minimum Gasteiger partial charge on any atom is -0.493 e. The van der Waals surface area contributed by atoms with Crippen LogP contribution in [-0.4, -0.2) is 6.61 Å². The molecule has 0 atom stereocenters. The smallest absolute Gasteiger partial charge is 0.123 e. The second-order valence-corrected chi connectivity index (χ2v) is 2.26. The van der Waals surface area contributed by atoms with E-state index >= 15 is 0 Å². The monoisotopic (exact) mass is 164 g/mol. The predicted molar refractivity (Wildman–Crippen MR) is 45.3 cm³/mol. The van der Waals surface area contributed by atoms with Crippen molar-refractivity contribution < 1.29 is 9.13 Å². The lowest BCUT2D eigenvalue weighted by atomic mass is 10.3. The minimum atomic E-state index is -0.265. The highest BCUT2D eigenvalue weighted by Crippen LogP contribution is 2.10. The molecule has 62 valence electrons. The fourth-order valence-electron chi connectivity index (χ4n) is 0.759. The van der Waals surface area contributed by atoms with Gasteiger partial charge in [-0.1, -0.05) is 0 Å². The van der Waals surface area contributed by atoms with Crippen molar-refractivity contribution in [1.29, 1.82) is 0 Å². The first-order valence-electron chi connectivity index (χ1n) is 3.65. The van der Waals surface area contributed by atoms with Crippen LogP contribution in [0.4, 0.5) is 4.39 Å². The van der Waals surface area contributed by atoms with Crippen molar-refractivity contribution in [3.63, 3.8) is 0 Å². The van der Waals surface area contributed by atoms with Gasteiger partial charge in [0.15, 0.2) is 0 Å². The van der Waals surface area contributed by atoms with Gasteiger partial charge in [-0.3, -0.25) is 0 Å². The Morgan fingerprint density at radius 3 is 2.58 bits per heavy atom. The number of ether oxygens (including phenoxy) is 1. The summed E-state index contributed by atoms with van der Waals surface area (Å²) < 4.78 is 17.6. The molecule has 0 N–H and O–H groups in total. The summed E-state index contributed by atoms with van der Waals surface area (Å²) in [5, 5.41) is 0. The number of terminal acetylenes is 1. The molecule has 2 heteroatoms. The van der Waals surface area contributed by atoms with Crippen molar-refractivity contribution in [2.75, 3.05) is 6.61 Å². The van der Waals surface area contributed by atoms with E-state index in [0.29, 0.717) is 18.8 Å². The van der Waals surface area contributed by atoms with Gasteiger partial charge in [-0.25, -0.2) is 4.39 Å². The number of hydrogen-bond acceptors (Lipinski definition) is 1. The van der Waals surface area contributed by atoms with Crippen LogP contribution in [0.3, 0.4) is 0 Å². The number of hydrogen-bond donors (Lipinski definition) is 0. The Morgan fingerprint density at radius 1 is 1.33 bits per heavy atom. The second kappa shape index (κ2) is 4.40. The maximum absolute atomic E-state index is 12.4. The van der Waals surface area contributed by atoms with Crippen LogP contribution < -0.4 is 4.74 Å². The summed E-state index contributed by atoms with van der Waals surface area (Å²) in [7, 11) is 0. The molecule has 0 fully saturated rings. The van der Waals surface area contributed by atoms with Crippen LogP contribution in [0.2, 0.25) is 0 Å². The van der Waals surface area contributed by atoms with Gasteiger partial charge in [-0.05, 0) is 24.3 Å². The first-order valence-corrected chi connectivity index (χ1v) is 3.65. The molecule has 0 heterocycles. The molecule has 0 aliphatic carbocycles. The average Bonchev–Trinajstić information content (AvgIpc) is 2.09. The second-order valence-electron chi connectivity index (χ2n) is 2.26. The molecule has 0 amide bonds. The molecule has 1 nitrogen and oxygen atoms in total. The largest absolute Gasteiger partial charge is 0.493 e. The Bertz CT molecular complexity index is 271. The van der Waals surface area contributed by atoms with Crippen molar-refractivity contribution in [2.45, 2.75) is 6.42 Å². The molecule has 0 saturated carbocycles. The van der Waals surface area contributed by atoms with Crippen LogP contribution in [-0.2, 0) is 0 Å². The summed E-state index contributed by atoms with van der Waals surface area (Å²) in [5.41, 5.74) is 0. The van der Waals surface area contributed by atoms with E-state index in [0.717, 1.165) is 0 Å². The van der Waals surface area contributed by atoms with Crippen molar-refractivity contribution in [3.8, 4) is 18.1 Å². The Morgan fingerprint density at radius 2 is 2.00 bits per heavy atom. The summed E-state index contributed by atoms with van der Waals surface area (Å²) in [4.78, 5) is 0. The van der Waals surface area contributed by atoms with Gasteiger partial charge in [0.25, 0.3) is 0 Å². The average molecular weight is 164 g/mol. The van der Waals surface area contributed by atoms with E-state index < -0.39 is 0 Å². The van der Waals surface area contributed by atoms with Crippen LogP contribution in [0, 0.1) is 18.2 Å². The molecule has 0 aromatic heterocycles. The van der Waals surface area contributed by atoms with Gasteiger partial charge >= 0.3 is 0 Å². The highest BCUT2D eigenvalue weighted by Gasteiger charge is 1.92. The first-order chi connectivity index (χ1) is 5.83. The summed E-state index contributed by atoms with van der Waals surface area (Å²) in [6.45, 7) is 0.474. The molecule has 1 rings (SSSR count). The molecule has 1 aromatic carbocycles. The van der Waals surface area contributed by atoms with E-state index in [2.05, 4.69) is 5.92 Å². The van der Waals surface area contributed by atoms with Gasteiger partial charge in [0.05, 0.1) is 6.61 Å². The Hall–Kier alpha value is -1.49. The Balaban J connectivity index is 2.43. The zero-order chi connectivity index (χ0) is 8.81. The molecule has 12 heavy (non-hydrogen) atoms. The van der Waals surface area contributed by atoms with E-state index in [4.69, 9.17) is 11.2 Å². The molecular formula is C10H9FO. The van der Waals surface area contributed by atoms with Gasteiger partial charge in [0, 0.05) is 6.42 Å². The Kier molecular flexibility index (Phi) is 3.16. The molecule has 0 radical (unpaired) electrons. The fraction of sp³-hybridized carbons (Fsp3) is 0.200. The van der Waals surface area contributed by atoms with Crippen LogP contribution in [0.5, 0.6) is 5.75 Å². The van der Waals surface area contributed by atoms with Crippen LogP contribution in [0.15, 0.2) is 24.3 Å². The topological polar surface area (TPSA) is 9.23 Å². The normalized spacial score (nSPS) is 9.00. The lowest BCUT2D eigenvalue weighted by Gasteiger charge is -2.02. The molecule has 0 aliphatic rings. The molecule has 1 aromatic rings. The summed E-state index contributed by atoms with van der Waals surface area (Å²) in [6, 6.07) is 5.86. The standard InChI is InChI=1S/C10H9FO/c1-2-3-8-12-10-6-4-9(11)5-7-10/h1,4-7H,3,8H2. The third-order valence-corrected chi connectivity index (χ3v) is 1.33. The fourth-order valence-corrected chi connectivity index (χ4v) is 0.759. The number of halogens is 1. The van der Waals surface area contributed by atoms with E-state index in [1.54, 1.807) is 12.1 Å². The lowest BCUT2D eigenvalue weighted by molar-refractivity contribution is 0.326. The van der Waals surface area contributed by atoms with Crippen molar-refractivity contribution in [1.82, 2.24) is 0 Å². The van der Waals surface area contributed by atoms with Gasteiger partial charge in [0.2, 0.25) is 0 Å². The molecular weight excluding hydrogens is 155 g/mol. The summed E-state index contributed by atoms with van der Waals surface area (Å²) >= 11 is 0. The summed E-state index contributed by atoms with van der Waals surface area (Å²) in [6.07, 6.45) is 5.59. The van der Waals surface area contributed by atoms with Crippen LogP contribution in [0.1, 0.15) is 6.42 Å². The highest BCUT2D eigenvalue weighted by molar-refractivity contribution is 5.22. The number of rotatable bonds is 3. The number of benzene rings is 1. The third kappa shape index (κ3) is 2.63. The minimum absolute atomic E-state index is 0.265. The molecule has 0 spiro atoms. The van der Waals surface area contributed by atoms with Gasteiger partial charge in [-0.15, -0.1) is 12.3 Å². The molecule has 0 aliphatic heterocycles. The van der Waals surface area contributed by atoms with Crippen molar-refractivity contribution in [2.24, 2.45) is 0 Å². The quantitative estimate of drug-likeness (QED) is 0.491. The maximum Gasteiger partial charge on any atom is 0.123 e. The lowest BCUT2D eigenvalue weighted by Crippen LogP contribution is -1.95. The van der Waals surface area contributed by atoms with Gasteiger partial charge in [-0.2, -0.15) is 0 Å². The van der Waals surface area contributed by atoms with Crippen molar-refractivity contribution >= 4 is 0 Å². The zero-order valence-electron chi connectivity index (χ0n) is 6.59. The van der Waals surface area contributed by atoms with Crippen molar-refractivity contribution in [3.05, 3.63) is 30.1 Å². The van der Waals surface area contributed by atoms with Crippen LogP contribution in [0.25, 0.3) is 0 Å². The Labute approximate surface area is 71.2 Å². The van der Waals surface area contributed by atoms with Crippen LogP contribution >= 0.6 is 0 Å².